The topological polar surface area (TPSA) is 58.6 Å². The van der Waals surface area contributed by atoms with Crippen molar-refractivity contribution in [3.8, 4) is 11.8 Å². The van der Waals surface area contributed by atoms with E-state index in [4.69, 9.17) is 5.11 Å². The van der Waals surface area contributed by atoms with Crippen molar-refractivity contribution < 1.29 is 32.2 Å². The average molecular weight is 305 g/mol. The summed E-state index contributed by atoms with van der Waals surface area (Å²) < 4.78 is 52.9. The van der Waals surface area contributed by atoms with Crippen LogP contribution in [-0.2, 0) is 9.53 Å². The Morgan fingerprint density at radius 3 is 2.71 bits per heavy atom. The number of carbonyl (C=O) groups is 1. The highest BCUT2D eigenvalue weighted by atomic mass is 19.4. The largest absolute Gasteiger partial charge is 0.411 e. The maximum atomic E-state index is 13.3. The lowest BCUT2D eigenvalue weighted by Gasteiger charge is -2.08. The molecule has 0 aliphatic heterocycles. The molecule has 0 unspecified atom stereocenters. The third-order valence-electron chi connectivity index (χ3n) is 2.05. The van der Waals surface area contributed by atoms with Crippen molar-refractivity contribution in [3.05, 3.63) is 29.6 Å². The Morgan fingerprint density at radius 1 is 1.38 bits per heavy atom. The van der Waals surface area contributed by atoms with Crippen LogP contribution in [0.5, 0.6) is 0 Å². The van der Waals surface area contributed by atoms with Crippen molar-refractivity contribution in [1.29, 1.82) is 0 Å². The van der Waals surface area contributed by atoms with Gasteiger partial charge in [-0.2, -0.15) is 13.2 Å². The van der Waals surface area contributed by atoms with E-state index >= 15 is 0 Å². The summed E-state index contributed by atoms with van der Waals surface area (Å²) in [6.07, 6.45) is -4.51. The molecule has 1 amide bonds. The normalized spacial score (nSPS) is 10.7. The van der Waals surface area contributed by atoms with Crippen LogP contribution in [0, 0.1) is 17.7 Å². The lowest BCUT2D eigenvalue weighted by atomic mass is 10.2. The molecule has 0 aliphatic carbocycles. The molecule has 0 saturated carbocycles. The highest BCUT2D eigenvalue weighted by molar-refractivity contribution is 5.91. The number of halogens is 4. The molecule has 4 nitrogen and oxygen atoms in total. The number of alkyl halides is 3. The first kappa shape index (κ1) is 16.9. The molecule has 0 radical (unpaired) electrons. The molecule has 0 saturated heterocycles. The van der Waals surface area contributed by atoms with Crippen LogP contribution in [-0.4, -0.2) is 37.0 Å². The van der Waals surface area contributed by atoms with Crippen LogP contribution in [0.4, 0.5) is 23.2 Å². The molecule has 0 atom stereocenters. The lowest BCUT2D eigenvalue weighted by molar-refractivity contribution is -0.174. The van der Waals surface area contributed by atoms with E-state index < -0.39 is 37.7 Å². The first-order valence-electron chi connectivity index (χ1n) is 5.65. The van der Waals surface area contributed by atoms with Gasteiger partial charge in [-0.1, -0.05) is 11.8 Å². The van der Waals surface area contributed by atoms with Gasteiger partial charge in [-0.15, -0.1) is 0 Å². The van der Waals surface area contributed by atoms with Gasteiger partial charge in [0.05, 0.1) is 5.56 Å². The molecular weight excluding hydrogens is 294 g/mol. The molecule has 0 fully saturated rings. The molecule has 2 N–H and O–H groups in total. The summed E-state index contributed by atoms with van der Waals surface area (Å²) in [4.78, 5) is 11.3. The number of ether oxygens (including phenoxy) is 1. The Bertz CT molecular complexity index is 561. The van der Waals surface area contributed by atoms with Gasteiger partial charge in [0.25, 0.3) is 0 Å². The highest BCUT2D eigenvalue weighted by Gasteiger charge is 2.27. The zero-order valence-corrected chi connectivity index (χ0v) is 10.6. The van der Waals surface area contributed by atoms with E-state index in [1.165, 1.54) is 12.1 Å². The lowest BCUT2D eigenvalue weighted by Crippen LogP contribution is -2.24. The maximum Gasteiger partial charge on any atom is 0.411 e. The molecule has 1 aromatic rings. The van der Waals surface area contributed by atoms with Crippen molar-refractivity contribution in [2.45, 2.75) is 6.18 Å². The van der Waals surface area contributed by atoms with Crippen LogP contribution in [0.2, 0.25) is 0 Å². The standard InChI is InChI=1S/C13H11F4NO3/c14-11-4-3-10(6-9(11)2-1-5-19)18-12(20)7-21-8-13(15,16)17/h3-4,6,19H,5,7-8H2,(H,18,20). The van der Waals surface area contributed by atoms with E-state index in [1.807, 2.05) is 0 Å². The predicted molar refractivity (Wildman–Crippen MR) is 65.9 cm³/mol. The quantitative estimate of drug-likeness (QED) is 0.657. The van der Waals surface area contributed by atoms with Crippen molar-refractivity contribution in [1.82, 2.24) is 0 Å². The van der Waals surface area contributed by atoms with E-state index in [1.54, 1.807) is 0 Å². The van der Waals surface area contributed by atoms with Crippen LogP contribution < -0.4 is 5.32 Å². The minimum atomic E-state index is -4.51. The predicted octanol–water partition coefficient (Wildman–Crippen LogP) is 1.69. The van der Waals surface area contributed by atoms with Gasteiger partial charge in [0.2, 0.25) is 5.91 Å². The summed E-state index contributed by atoms with van der Waals surface area (Å²) in [6.45, 7) is -2.77. The summed E-state index contributed by atoms with van der Waals surface area (Å²) in [5, 5.41) is 10.8. The Morgan fingerprint density at radius 2 is 2.10 bits per heavy atom. The summed E-state index contributed by atoms with van der Waals surface area (Å²) in [5.74, 6) is 3.11. The number of aliphatic hydroxyl groups excluding tert-OH is 1. The number of hydrogen-bond donors (Lipinski definition) is 2. The van der Waals surface area contributed by atoms with Crippen LogP contribution >= 0.6 is 0 Å². The highest BCUT2D eigenvalue weighted by Crippen LogP contribution is 2.15. The Balaban J connectivity index is 2.60. The zero-order chi connectivity index (χ0) is 15.9. The second-order valence-corrected chi connectivity index (χ2v) is 3.81. The van der Waals surface area contributed by atoms with Gasteiger partial charge in [-0.25, -0.2) is 4.39 Å². The summed E-state index contributed by atoms with van der Waals surface area (Å²) >= 11 is 0. The molecule has 0 aliphatic rings. The van der Waals surface area contributed by atoms with Gasteiger partial charge in [0.15, 0.2) is 0 Å². The third-order valence-corrected chi connectivity index (χ3v) is 2.05. The zero-order valence-electron chi connectivity index (χ0n) is 10.6. The molecule has 1 rings (SSSR count). The summed E-state index contributed by atoms with van der Waals surface area (Å²) in [6, 6.07) is 3.45. The van der Waals surface area contributed by atoms with Crippen molar-refractivity contribution in [3.63, 3.8) is 0 Å². The Labute approximate surface area is 117 Å². The molecule has 0 bridgehead atoms. The van der Waals surface area contributed by atoms with E-state index in [0.717, 1.165) is 6.07 Å². The molecule has 1 aromatic carbocycles. The number of rotatable bonds is 4. The number of aliphatic hydroxyl groups is 1. The van der Waals surface area contributed by atoms with Gasteiger partial charge in [0, 0.05) is 5.69 Å². The van der Waals surface area contributed by atoms with Crippen LogP contribution in [0.25, 0.3) is 0 Å². The molecule has 114 valence electrons. The number of hydrogen-bond acceptors (Lipinski definition) is 3. The molecule has 21 heavy (non-hydrogen) atoms. The SMILES string of the molecule is O=C(COCC(F)(F)F)Nc1ccc(F)c(C#CCO)c1. The second kappa shape index (κ2) is 7.61. The summed E-state index contributed by atoms with van der Waals surface area (Å²) in [7, 11) is 0. The number of anilines is 1. The van der Waals surface area contributed by atoms with Gasteiger partial charge in [0.1, 0.15) is 25.6 Å². The molecule has 0 heterocycles. The van der Waals surface area contributed by atoms with Gasteiger partial charge in [-0.05, 0) is 18.2 Å². The second-order valence-electron chi connectivity index (χ2n) is 3.81. The minimum Gasteiger partial charge on any atom is -0.384 e. The van der Waals surface area contributed by atoms with E-state index in [9.17, 15) is 22.4 Å². The molecule has 0 aromatic heterocycles. The van der Waals surface area contributed by atoms with Gasteiger partial charge in [-0.3, -0.25) is 4.79 Å². The number of nitrogens with one attached hydrogen (secondary N) is 1. The van der Waals surface area contributed by atoms with E-state index in [0.29, 0.717) is 0 Å². The molecular formula is C13H11F4NO3. The third kappa shape index (κ3) is 6.74. The summed E-state index contributed by atoms with van der Waals surface area (Å²) in [5.41, 5.74) is 0.0947. The van der Waals surface area contributed by atoms with Crippen LogP contribution in [0.3, 0.4) is 0 Å². The van der Waals surface area contributed by atoms with Crippen molar-refractivity contribution in [2.24, 2.45) is 0 Å². The smallest absolute Gasteiger partial charge is 0.384 e. The van der Waals surface area contributed by atoms with E-state index in [2.05, 4.69) is 21.9 Å². The van der Waals surface area contributed by atoms with Gasteiger partial charge >= 0.3 is 6.18 Å². The molecule has 0 spiro atoms. The fourth-order valence-corrected chi connectivity index (χ4v) is 1.29. The first-order valence-corrected chi connectivity index (χ1v) is 5.65. The van der Waals surface area contributed by atoms with Crippen LogP contribution in [0.1, 0.15) is 5.56 Å². The van der Waals surface area contributed by atoms with Gasteiger partial charge < -0.3 is 15.2 Å². The van der Waals surface area contributed by atoms with Crippen molar-refractivity contribution in [2.75, 3.05) is 25.1 Å². The monoisotopic (exact) mass is 305 g/mol. The van der Waals surface area contributed by atoms with Crippen LogP contribution in [0.15, 0.2) is 18.2 Å². The first-order chi connectivity index (χ1) is 9.81. The maximum absolute atomic E-state index is 13.3. The Kier molecular flexibility index (Phi) is 6.14. The number of benzene rings is 1. The number of carbonyl (C=O) groups excluding carboxylic acids is 1. The fourth-order valence-electron chi connectivity index (χ4n) is 1.29. The minimum absolute atomic E-state index is 0.0574. The fraction of sp³-hybridized carbons (Fsp3) is 0.308. The molecule has 8 heteroatoms. The number of amides is 1. The average Bonchev–Trinajstić information content (AvgIpc) is 2.38. The van der Waals surface area contributed by atoms with Crippen molar-refractivity contribution >= 4 is 11.6 Å². The Hall–Kier alpha value is -2.11. The van der Waals surface area contributed by atoms with E-state index in [-0.39, 0.29) is 11.3 Å².